The van der Waals surface area contributed by atoms with Gasteiger partial charge in [0, 0.05) is 6.54 Å². The third-order valence-electron chi connectivity index (χ3n) is 1.83. The van der Waals surface area contributed by atoms with Crippen molar-refractivity contribution in [1.29, 1.82) is 0 Å². The molecule has 0 fully saturated rings. The normalized spacial score (nSPS) is 10.5. The van der Waals surface area contributed by atoms with E-state index < -0.39 is 0 Å². The van der Waals surface area contributed by atoms with Crippen LogP contribution in [0, 0.1) is 5.92 Å². The van der Waals surface area contributed by atoms with Gasteiger partial charge in [0.1, 0.15) is 5.69 Å². The number of hydrogen-bond acceptors (Lipinski definition) is 6. The number of nitrogen functional groups attached to an aromatic ring is 2. The Labute approximate surface area is 95.4 Å². The number of ether oxygens (including phenoxy) is 1. The molecule has 0 saturated carbocycles. The van der Waals surface area contributed by atoms with Crippen LogP contribution in [0.2, 0.25) is 0 Å². The zero-order valence-electron chi connectivity index (χ0n) is 9.95. The lowest BCUT2D eigenvalue weighted by Gasteiger charge is -2.12. The number of hydrogen-bond donors (Lipinski definition) is 3. The summed E-state index contributed by atoms with van der Waals surface area (Å²) in [7, 11) is 0. The molecule has 0 aliphatic rings. The van der Waals surface area contributed by atoms with E-state index >= 15 is 0 Å². The molecule has 6 heteroatoms. The summed E-state index contributed by atoms with van der Waals surface area (Å²) < 4.78 is 5.47. The van der Waals surface area contributed by atoms with Crippen molar-refractivity contribution in [2.24, 2.45) is 5.92 Å². The molecule has 6 nitrogen and oxygen atoms in total. The minimum absolute atomic E-state index is 0.240. The largest absolute Gasteiger partial charge is 0.476 e. The summed E-state index contributed by atoms with van der Waals surface area (Å²) in [6.45, 7) is 7.31. The molecule has 0 unspecified atom stereocenters. The van der Waals surface area contributed by atoms with Crippen molar-refractivity contribution in [3.63, 3.8) is 0 Å². The Morgan fingerprint density at radius 2 is 2.00 bits per heavy atom. The zero-order chi connectivity index (χ0) is 12.1. The predicted molar refractivity (Wildman–Crippen MR) is 65.4 cm³/mol. The number of rotatable bonds is 5. The van der Waals surface area contributed by atoms with Crippen LogP contribution in [0.5, 0.6) is 5.88 Å². The van der Waals surface area contributed by atoms with E-state index in [2.05, 4.69) is 15.3 Å². The van der Waals surface area contributed by atoms with E-state index in [-0.39, 0.29) is 5.82 Å². The second-order valence-corrected chi connectivity index (χ2v) is 3.89. The fraction of sp³-hybridized carbons (Fsp3) is 0.600. The highest BCUT2D eigenvalue weighted by atomic mass is 16.5. The lowest BCUT2D eigenvalue weighted by atomic mass is 10.2. The van der Waals surface area contributed by atoms with Gasteiger partial charge in [0.05, 0.1) is 6.61 Å². The molecule has 0 aliphatic carbocycles. The van der Waals surface area contributed by atoms with E-state index in [1.54, 1.807) is 0 Å². The molecular formula is C10H19N5O. The average molecular weight is 225 g/mol. The second kappa shape index (κ2) is 5.39. The van der Waals surface area contributed by atoms with Gasteiger partial charge in [0.2, 0.25) is 11.8 Å². The van der Waals surface area contributed by atoms with Crippen LogP contribution < -0.4 is 21.5 Å². The van der Waals surface area contributed by atoms with Crippen LogP contribution in [0.25, 0.3) is 0 Å². The SMILES string of the molecule is CCNc1nc(N)c(N)c(OCC(C)C)n1. The first-order valence-electron chi connectivity index (χ1n) is 5.34. The van der Waals surface area contributed by atoms with E-state index in [0.717, 1.165) is 0 Å². The number of nitrogens with two attached hydrogens (primary N) is 2. The fourth-order valence-corrected chi connectivity index (χ4v) is 1.06. The molecule has 1 aromatic heterocycles. The molecule has 0 radical (unpaired) electrons. The molecule has 0 spiro atoms. The highest BCUT2D eigenvalue weighted by molar-refractivity contribution is 5.66. The number of nitrogens with zero attached hydrogens (tertiary/aromatic N) is 2. The first kappa shape index (κ1) is 12.4. The molecule has 0 aliphatic heterocycles. The summed E-state index contributed by atoms with van der Waals surface area (Å²) in [5.74, 6) is 1.42. The van der Waals surface area contributed by atoms with Crippen molar-refractivity contribution >= 4 is 17.5 Å². The Kier molecular flexibility index (Phi) is 4.16. The average Bonchev–Trinajstić information content (AvgIpc) is 2.21. The van der Waals surface area contributed by atoms with Gasteiger partial charge in [-0.25, -0.2) is 0 Å². The summed E-state index contributed by atoms with van der Waals surface area (Å²) in [6.07, 6.45) is 0. The summed E-state index contributed by atoms with van der Waals surface area (Å²) in [5, 5.41) is 2.97. The minimum Gasteiger partial charge on any atom is -0.476 e. The van der Waals surface area contributed by atoms with Gasteiger partial charge in [-0.3, -0.25) is 0 Å². The summed E-state index contributed by atoms with van der Waals surface area (Å²) in [5.41, 5.74) is 11.7. The maximum atomic E-state index is 5.73. The molecule has 5 N–H and O–H groups in total. The van der Waals surface area contributed by atoms with Crippen LogP contribution in [0.3, 0.4) is 0 Å². The molecular weight excluding hydrogens is 206 g/mol. The van der Waals surface area contributed by atoms with Gasteiger partial charge >= 0.3 is 0 Å². The van der Waals surface area contributed by atoms with Crippen molar-refractivity contribution in [3.05, 3.63) is 0 Å². The Hall–Kier alpha value is -1.72. The summed E-state index contributed by atoms with van der Waals surface area (Å²) >= 11 is 0. The van der Waals surface area contributed by atoms with Crippen molar-refractivity contribution in [1.82, 2.24) is 9.97 Å². The number of aromatic nitrogens is 2. The van der Waals surface area contributed by atoms with E-state index in [0.29, 0.717) is 36.6 Å². The number of nitrogens with one attached hydrogen (secondary N) is 1. The van der Waals surface area contributed by atoms with E-state index in [1.165, 1.54) is 0 Å². The Bertz CT molecular complexity index is 353. The van der Waals surface area contributed by atoms with Gasteiger partial charge in [-0.15, -0.1) is 0 Å². The third kappa shape index (κ3) is 3.15. The lowest BCUT2D eigenvalue weighted by Crippen LogP contribution is -2.12. The van der Waals surface area contributed by atoms with Gasteiger partial charge < -0.3 is 21.5 Å². The lowest BCUT2D eigenvalue weighted by molar-refractivity contribution is 0.263. The van der Waals surface area contributed by atoms with Crippen molar-refractivity contribution in [3.8, 4) is 5.88 Å². The topological polar surface area (TPSA) is 99.1 Å². The maximum absolute atomic E-state index is 5.73. The quantitative estimate of drug-likeness (QED) is 0.694. The van der Waals surface area contributed by atoms with Gasteiger partial charge in [0.15, 0.2) is 5.82 Å². The molecule has 0 aromatic carbocycles. The highest BCUT2D eigenvalue weighted by Gasteiger charge is 2.10. The standard InChI is InChI=1S/C10H19N5O/c1-4-13-10-14-8(12)7(11)9(15-10)16-5-6(2)3/h6H,4-5,11H2,1-3H3,(H3,12,13,14,15). The van der Waals surface area contributed by atoms with Crippen LogP contribution in [0.15, 0.2) is 0 Å². The highest BCUT2D eigenvalue weighted by Crippen LogP contribution is 2.25. The van der Waals surface area contributed by atoms with E-state index in [9.17, 15) is 0 Å². The molecule has 90 valence electrons. The van der Waals surface area contributed by atoms with E-state index in [4.69, 9.17) is 16.2 Å². The Morgan fingerprint density at radius 3 is 2.56 bits per heavy atom. The van der Waals surface area contributed by atoms with Gasteiger partial charge in [-0.1, -0.05) is 13.8 Å². The maximum Gasteiger partial charge on any atom is 0.244 e. The van der Waals surface area contributed by atoms with Crippen LogP contribution in [0.1, 0.15) is 20.8 Å². The molecule has 0 saturated heterocycles. The second-order valence-electron chi connectivity index (χ2n) is 3.89. The van der Waals surface area contributed by atoms with Crippen LogP contribution in [0.4, 0.5) is 17.5 Å². The fourth-order valence-electron chi connectivity index (χ4n) is 1.06. The Morgan fingerprint density at radius 1 is 1.31 bits per heavy atom. The van der Waals surface area contributed by atoms with Crippen molar-refractivity contribution in [2.75, 3.05) is 29.9 Å². The number of anilines is 3. The first-order chi connectivity index (χ1) is 7.54. The monoisotopic (exact) mass is 225 g/mol. The zero-order valence-corrected chi connectivity index (χ0v) is 9.95. The van der Waals surface area contributed by atoms with Gasteiger partial charge in [-0.05, 0) is 12.8 Å². The van der Waals surface area contributed by atoms with Crippen LogP contribution in [-0.2, 0) is 0 Å². The third-order valence-corrected chi connectivity index (χ3v) is 1.83. The molecule has 1 heterocycles. The minimum atomic E-state index is 0.240. The molecule has 0 amide bonds. The molecule has 1 aromatic rings. The summed E-state index contributed by atoms with van der Waals surface area (Å²) in [4.78, 5) is 8.15. The Balaban J connectivity index is 2.88. The van der Waals surface area contributed by atoms with E-state index in [1.807, 2.05) is 20.8 Å². The smallest absolute Gasteiger partial charge is 0.244 e. The predicted octanol–water partition coefficient (Wildman–Crippen LogP) is 1.11. The summed E-state index contributed by atoms with van der Waals surface area (Å²) in [6, 6.07) is 0. The molecule has 1 rings (SSSR count). The van der Waals surface area contributed by atoms with Crippen LogP contribution >= 0.6 is 0 Å². The van der Waals surface area contributed by atoms with Crippen LogP contribution in [-0.4, -0.2) is 23.1 Å². The first-order valence-corrected chi connectivity index (χ1v) is 5.34. The molecule has 0 bridgehead atoms. The van der Waals surface area contributed by atoms with Gasteiger partial charge in [0.25, 0.3) is 0 Å². The van der Waals surface area contributed by atoms with Gasteiger partial charge in [-0.2, -0.15) is 9.97 Å². The van der Waals surface area contributed by atoms with Crippen molar-refractivity contribution < 1.29 is 4.74 Å². The van der Waals surface area contributed by atoms with Crippen molar-refractivity contribution in [2.45, 2.75) is 20.8 Å². The molecule has 16 heavy (non-hydrogen) atoms. The molecule has 0 atom stereocenters.